The Morgan fingerprint density at radius 3 is 1.66 bits per heavy atom. The third-order valence-electron chi connectivity index (χ3n) is 16.3. The molecule has 506 valence electrons. The molecule has 0 heterocycles. The van der Waals surface area contributed by atoms with Gasteiger partial charge in [-0.2, -0.15) is 30.9 Å². The second-order valence-electron chi connectivity index (χ2n) is 24.4. The minimum absolute atomic E-state index is 0.0261. The van der Waals surface area contributed by atoms with Crippen molar-refractivity contribution in [2.45, 2.75) is 158 Å². The average Bonchev–Trinajstić information content (AvgIpc) is 0.775. The number of carboxylic acids is 1. The molecule has 0 amide bonds. The van der Waals surface area contributed by atoms with Crippen LogP contribution in [0.3, 0.4) is 0 Å². The Labute approximate surface area is 541 Å². The zero-order valence-corrected chi connectivity index (χ0v) is 56.6. The van der Waals surface area contributed by atoms with Gasteiger partial charge in [0.25, 0.3) is 0 Å². The molecule has 24 heteroatoms. The van der Waals surface area contributed by atoms with Gasteiger partial charge in [-0.25, -0.2) is 16.8 Å². The van der Waals surface area contributed by atoms with Gasteiger partial charge in [0.15, 0.2) is 20.0 Å². The highest BCUT2D eigenvalue weighted by atomic mass is 32.3. The number of esters is 3. The van der Waals surface area contributed by atoms with Crippen LogP contribution in [-0.4, -0.2) is 107 Å². The maximum atomic E-state index is 13.2. The summed E-state index contributed by atoms with van der Waals surface area (Å²) >= 11 is 0. The van der Waals surface area contributed by atoms with Gasteiger partial charge >= 0.3 is 34.9 Å². The van der Waals surface area contributed by atoms with Crippen LogP contribution in [0.1, 0.15) is 137 Å². The number of rotatable bonds is 20. The Hall–Kier alpha value is -7.83. The van der Waals surface area contributed by atoms with Crippen molar-refractivity contribution in [2.24, 2.45) is 10.8 Å². The summed E-state index contributed by atoms with van der Waals surface area (Å²) in [6, 6.07) is 30.7. The zero-order valence-electron chi connectivity index (χ0n) is 55.0. The van der Waals surface area contributed by atoms with Crippen molar-refractivity contribution in [1.82, 2.24) is 0 Å². The predicted octanol–water partition coefficient (Wildman–Crippen LogP) is 15.9. The van der Waals surface area contributed by atoms with Gasteiger partial charge < -0.3 is 33.7 Å². The van der Waals surface area contributed by atoms with E-state index in [1.165, 1.54) is 44.8 Å². The number of carboxylic acid groups (broad SMARTS) is 1. The molecular weight excluding hydrogens is 1250 g/mol. The number of fused-ring (bicyclic) bond motifs is 1. The summed E-state index contributed by atoms with van der Waals surface area (Å²) < 4.78 is 128. The van der Waals surface area contributed by atoms with Crippen LogP contribution in [0.25, 0.3) is 20.5 Å². The normalized spacial score (nSPS) is 15.3. The largest absolute Gasteiger partial charge is 0.481 e. The van der Waals surface area contributed by atoms with Crippen molar-refractivity contribution < 1.29 is 86.2 Å². The average molecular weight is 1340 g/mol. The Balaban J connectivity index is 0.000000577. The van der Waals surface area contributed by atoms with Crippen molar-refractivity contribution in [3.8, 4) is 0 Å². The highest BCUT2D eigenvalue weighted by molar-refractivity contribution is 8.13. The first-order valence-electron chi connectivity index (χ1n) is 30.3. The molecule has 7 rings (SSSR count). The molecule has 0 aliphatic heterocycles. The van der Waals surface area contributed by atoms with E-state index < -0.39 is 59.8 Å². The summed E-state index contributed by atoms with van der Waals surface area (Å²) in [5, 5.41) is 14.4. The molecule has 0 saturated heterocycles. The van der Waals surface area contributed by atoms with E-state index in [4.69, 9.17) is 19.3 Å². The molecule has 2 atom stereocenters. The Bertz CT molecular complexity index is 3820. The van der Waals surface area contributed by atoms with Gasteiger partial charge in [-0.1, -0.05) is 86.0 Å². The van der Waals surface area contributed by atoms with E-state index in [-0.39, 0.29) is 44.2 Å². The molecular formula is C69H84F6N4O12S2. The number of alkyl halides is 6. The quantitative estimate of drug-likeness (QED) is 0.0244. The third kappa shape index (κ3) is 19.9. The number of aliphatic carboxylic acids is 1. The molecule has 2 aliphatic rings. The van der Waals surface area contributed by atoms with Gasteiger partial charge in [0, 0.05) is 52.8 Å². The van der Waals surface area contributed by atoms with Crippen molar-refractivity contribution in [1.29, 1.82) is 0 Å². The molecule has 2 unspecified atom stereocenters. The van der Waals surface area contributed by atoms with Crippen LogP contribution in [0, 0.1) is 52.4 Å². The number of ether oxygens (including phenoxy) is 3. The van der Waals surface area contributed by atoms with Gasteiger partial charge in [0.1, 0.15) is 26.4 Å². The fourth-order valence-corrected chi connectivity index (χ4v) is 12.3. The molecule has 5 aromatic rings. The number of benzene rings is 5. The SMILES string of the molecule is CCC(C)(C)C(=O)O.CCC(C)(C)C(=O)OCCOC(=O)CCC(=O)OC1CCCCC1Nc1ccc(C(=C2C=CC(=[N+](C)c3c(C)cc(C)cc3C)C=C2)c2ccc(N(C)c3c(C)cc(C)cc3C)cc2)c2ccccc12.O=S(=O)([N-]S(=O)(=O)C(F)(F)F)C(F)(F)F. The number of nitrogens with zero attached hydrogens (tertiary/aromatic N) is 3. The van der Waals surface area contributed by atoms with Crippen molar-refractivity contribution in [2.75, 3.05) is 37.5 Å². The molecule has 0 radical (unpaired) electrons. The lowest BCUT2D eigenvalue weighted by atomic mass is 9.87. The minimum atomic E-state index is -6.72. The third-order valence-corrected chi connectivity index (χ3v) is 19.1. The highest BCUT2D eigenvalue weighted by Crippen LogP contribution is 2.41. The molecule has 0 bridgehead atoms. The van der Waals surface area contributed by atoms with Crippen LogP contribution < -0.4 is 10.2 Å². The minimum Gasteiger partial charge on any atom is -0.481 e. The van der Waals surface area contributed by atoms with E-state index in [1.54, 1.807) is 13.8 Å². The van der Waals surface area contributed by atoms with Crippen LogP contribution in [0.4, 0.5) is 49.1 Å². The number of anilines is 3. The lowest BCUT2D eigenvalue weighted by Crippen LogP contribution is -2.39. The number of nitrogens with one attached hydrogen (secondary N) is 1. The fraction of sp³-hybridized carbons (Fsp3) is 0.435. The number of carbonyl (C=O) groups is 4. The molecule has 5 aromatic carbocycles. The number of halogens is 6. The number of hydrogen-bond acceptors (Lipinski definition) is 13. The van der Waals surface area contributed by atoms with Crippen molar-refractivity contribution in [3.63, 3.8) is 0 Å². The lowest BCUT2D eigenvalue weighted by Gasteiger charge is -2.33. The van der Waals surface area contributed by atoms with E-state index in [0.29, 0.717) is 12.8 Å². The van der Waals surface area contributed by atoms with Gasteiger partial charge in [-0.05, 0) is 183 Å². The summed E-state index contributed by atoms with van der Waals surface area (Å²) in [5.41, 5.74) is 4.04. The molecule has 93 heavy (non-hydrogen) atoms. The van der Waals surface area contributed by atoms with Gasteiger partial charge in [0.05, 0.1) is 29.7 Å². The second-order valence-corrected chi connectivity index (χ2v) is 27.8. The van der Waals surface area contributed by atoms with E-state index in [0.717, 1.165) is 79.9 Å². The molecule has 1 fully saturated rings. The topological polar surface area (TPSA) is 217 Å². The molecule has 1 saturated carbocycles. The predicted molar refractivity (Wildman–Crippen MR) is 351 cm³/mol. The standard InChI is InChI=1S/C61H71N3O6.C6H12O2.C2F6NO4S2/c1-12-61(8,9)60(67)69-34-33-68-55(65)31-32-56(66)70-54-20-16-15-19-53(54)62-52-30-29-51(49-17-13-14-18-50(49)52)57(45-21-25-47(26-22-45)63(10)58-41(4)35-39(2)36-42(58)5)46-23-27-48(28-24-46)64(11)59-43(6)37-40(3)38-44(59)7;1-4-6(2,3)5(7)8;3-1(4,5)14(10,11)9-15(12,13)2(6,7)8/h13-14,17-18,21-30,35-38,53-54H,12,15-16,19-20,31-34H2,1-11H3;4H2,1-3H3,(H,7,8);/q;;-1/p+1. The lowest BCUT2D eigenvalue weighted by molar-refractivity contribution is -0.404. The van der Waals surface area contributed by atoms with Crippen LogP contribution in [0.15, 0.2) is 115 Å². The van der Waals surface area contributed by atoms with Crippen LogP contribution in [0.2, 0.25) is 0 Å². The number of carbonyl (C=O) groups excluding carboxylic acids is 3. The summed E-state index contributed by atoms with van der Waals surface area (Å²) in [6.45, 7) is 23.8. The maximum Gasteiger partial charge on any atom is 0.480 e. The van der Waals surface area contributed by atoms with E-state index >= 15 is 0 Å². The monoisotopic (exact) mass is 1340 g/mol. The van der Waals surface area contributed by atoms with Crippen LogP contribution in [0.5, 0.6) is 0 Å². The maximum absolute atomic E-state index is 13.2. The summed E-state index contributed by atoms with van der Waals surface area (Å²) in [5.74, 6) is -2.02. The first-order chi connectivity index (χ1) is 43.2. The fourth-order valence-electron chi connectivity index (χ4n) is 10.6. The van der Waals surface area contributed by atoms with Gasteiger partial charge in [-0.15, -0.1) is 0 Å². The number of hydrogen-bond donors (Lipinski definition) is 2. The van der Waals surface area contributed by atoms with E-state index in [9.17, 15) is 62.4 Å². The first-order valence-corrected chi connectivity index (χ1v) is 33.2. The summed E-state index contributed by atoms with van der Waals surface area (Å²) in [4.78, 5) is 50.4. The molecule has 2 N–H and O–H groups in total. The van der Waals surface area contributed by atoms with Crippen molar-refractivity contribution >= 4 is 88.7 Å². The van der Waals surface area contributed by atoms with Crippen molar-refractivity contribution in [3.05, 3.63) is 163 Å². The Kier molecular flexibility index (Phi) is 25.6. The second kappa shape index (κ2) is 31.4. The van der Waals surface area contributed by atoms with Gasteiger partial charge in [-0.3, -0.25) is 19.2 Å². The van der Waals surface area contributed by atoms with Crippen LogP contribution in [-0.2, 0) is 53.4 Å². The van der Waals surface area contributed by atoms with Crippen LogP contribution >= 0.6 is 0 Å². The van der Waals surface area contributed by atoms with E-state index in [2.05, 4.69) is 180 Å². The Morgan fingerprint density at radius 2 is 1.15 bits per heavy atom. The zero-order chi connectivity index (χ0) is 69.8. The molecule has 0 aromatic heterocycles. The first kappa shape index (κ1) is 75.9. The number of sulfonamides is 2. The van der Waals surface area contributed by atoms with E-state index in [1.807, 2.05) is 27.7 Å². The molecule has 2 aliphatic carbocycles. The smallest absolute Gasteiger partial charge is 0.480 e. The number of aryl methyl sites for hydroxylation is 6. The Morgan fingerprint density at radius 1 is 0.656 bits per heavy atom. The number of allylic oxidation sites excluding steroid dienone is 5. The van der Waals surface area contributed by atoms with Gasteiger partial charge in [0.2, 0.25) is 11.4 Å². The highest BCUT2D eigenvalue weighted by Gasteiger charge is 2.47. The summed E-state index contributed by atoms with van der Waals surface area (Å²) in [6.07, 6.45) is 13.2. The summed E-state index contributed by atoms with van der Waals surface area (Å²) in [7, 11) is -9.16. The molecule has 16 nitrogen and oxygen atoms in total. The molecule has 0 spiro atoms.